The Morgan fingerprint density at radius 3 is 2.76 bits per heavy atom. The number of methoxy groups -OCH3 is 1. The third kappa shape index (κ3) is 1.92. The lowest BCUT2D eigenvalue weighted by molar-refractivity contribution is -0.113. The molecule has 1 aromatic carbocycles. The third-order valence-corrected chi connectivity index (χ3v) is 3.31. The van der Waals surface area contributed by atoms with Gasteiger partial charge in [-0.3, -0.25) is 4.79 Å². The number of fused-ring (bicyclic) bond motifs is 2. The molecular weight excluding hydrogens is 274 g/mol. The fraction of sp³-hybridized carbons (Fsp3) is 0.200. The van der Waals surface area contributed by atoms with E-state index in [4.69, 9.17) is 9.47 Å². The average Bonchev–Trinajstić information content (AvgIpc) is 2.44. The van der Waals surface area contributed by atoms with Gasteiger partial charge >= 0.3 is 0 Å². The maximum atomic E-state index is 11.8. The van der Waals surface area contributed by atoms with Gasteiger partial charge < -0.3 is 19.7 Å². The Morgan fingerprint density at radius 2 is 2.10 bits per heavy atom. The number of aliphatic imine (C=N–C) groups is 1. The predicted octanol–water partition coefficient (Wildman–Crippen LogP) is 1.79. The van der Waals surface area contributed by atoms with E-state index in [1.165, 1.54) is 20.1 Å². The number of nitrogens with zero attached hydrogens (tertiary/aromatic N) is 1. The summed E-state index contributed by atoms with van der Waals surface area (Å²) in [4.78, 5) is 16.1. The van der Waals surface area contributed by atoms with Crippen LogP contribution in [-0.2, 0) is 9.53 Å². The molecule has 1 aliphatic heterocycles. The highest BCUT2D eigenvalue weighted by Crippen LogP contribution is 2.40. The summed E-state index contributed by atoms with van der Waals surface area (Å²) < 4.78 is 10.5. The number of rotatable bonds is 2. The number of carbonyl (C=O) groups is 1. The van der Waals surface area contributed by atoms with Crippen LogP contribution in [0.2, 0.25) is 0 Å². The molecule has 6 nitrogen and oxygen atoms in total. The fourth-order valence-corrected chi connectivity index (χ4v) is 2.36. The molecule has 6 heteroatoms. The summed E-state index contributed by atoms with van der Waals surface area (Å²) in [6.07, 6.45) is 1.18. The second-order valence-corrected chi connectivity index (χ2v) is 4.72. The minimum absolute atomic E-state index is 0.0407. The van der Waals surface area contributed by atoms with Gasteiger partial charge in [0.25, 0.3) is 5.79 Å². The summed E-state index contributed by atoms with van der Waals surface area (Å²) in [7, 11) is 1.32. The second kappa shape index (κ2) is 4.46. The SMILES string of the molecule is COC1=CC2(O)Oc3ccccc3N=C2C(C(C)=O)=C1O. The second-order valence-electron chi connectivity index (χ2n) is 4.72. The summed E-state index contributed by atoms with van der Waals surface area (Å²) in [6, 6.07) is 6.84. The number of hydrogen-bond donors (Lipinski definition) is 2. The highest BCUT2D eigenvalue weighted by atomic mass is 16.6. The highest BCUT2D eigenvalue weighted by Gasteiger charge is 2.46. The Kier molecular flexibility index (Phi) is 2.84. The largest absolute Gasteiger partial charge is 0.504 e. The van der Waals surface area contributed by atoms with E-state index in [1.807, 2.05) is 0 Å². The molecule has 1 aromatic rings. The highest BCUT2D eigenvalue weighted by molar-refractivity contribution is 6.27. The Balaban J connectivity index is 2.28. The zero-order valence-corrected chi connectivity index (χ0v) is 11.5. The van der Waals surface area contributed by atoms with E-state index in [-0.39, 0.29) is 22.8 Å². The molecule has 0 fully saturated rings. The Bertz CT molecular complexity index is 731. The van der Waals surface area contributed by atoms with Gasteiger partial charge in [0.15, 0.2) is 17.3 Å². The molecule has 0 bridgehead atoms. The lowest BCUT2D eigenvalue weighted by Gasteiger charge is -2.35. The predicted molar refractivity (Wildman–Crippen MR) is 74.5 cm³/mol. The number of para-hydroxylation sites is 2. The van der Waals surface area contributed by atoms with Crippen molar-refractivity contribution < 1.29 is 24.5 Å². The van der Waals surface area contributed by atoms with E-state index < -0.39 is 11.6 Å². The number of ether oxygens (including phenoxy) is 2. The summed E-state index contributed by atoms with van der Waals surface area (Å²) in [5.74, 6) is -2.43. The van der Waals surface area contributed by atoms with Crippen LogP contribution in [0.3, 0.4) is 0 Å². The minimum atomic E-state index is -1.95. The van der Waals surface area contributed by atoms with Gasteiger partial charge in [-0.25, -0.2) is 4.99 Å². The first-order valence-corrected chi connectivity index (χ1v) is 6.27. The first kappa shape index (κ1) is 13.4. The van der Waals surface area contributed by atoms with Crippen molar-refractivity contribution in [3.8, 4) is 5.75 Å². The molecule has 1 unspecified atom stereocenters. The van der Waals surface area contributed by atoms with Crippen LogP contribution >= 0.6 is 0 Å². The van der Waals surface area contributed by atoms with Crippen LogP contribution in [0.5, 0.6) is 5.75 Å². The number of aliphatic hydroxyl groups excluding tert-OH is 1. The van der Waals surface area contributed by atoms with E-state index in [0.29, 0.717) is 11.4 Å². The summed E-state index contributed by atoms with van der Waals surface area (Å²) in [6.45, 7) is 1.27. The van der Waals surface area contributed by atoms with Crippen LogP contribution in [-0.4, -0.2) is 34.6 Å². The van der Waals surface area contributed by atoms with Gasteiger partial charge in [0.1, 0.15) is 17.1 Å². The third-order valence-electron chi connectivity index (χ3n) is 3.31. The maximum absolute atomic E-state index is 11.8. The van der Waals surface area contributed by atoms with E-state index >= 15 is 0 Å². The van der Waals surface area contributed by atoms with E-state index in [1.54, 1.807) is 24.3 Å². The van der Waals surface area contributed by atoms with Crippen molar-refractivity contribution >= 4 is 17.2 Å². The number of aliphatic hydroxyl groups is 2. The molecule has 0 aromatic heterocycles. The van der Waals surface area contributed by atoms with Crippen LogP contribution in [0, 0.1) is 0 Å². The van der Waals surface area contributed by atoms with Gasteiger partial charge in [-0.05, 0) is 19.1 Å². The minimum Gasteiger partial charge on any atom is -0.504 e. The average molecular weight is 287 g/mol. The van der Waals surface area contributed by atoms with Gasteiger partial charge in [-0.15, -0.1) is 0 Å². The molecule has 21 heavy (non-hydrogen) atoms. The number of carbonyl (C=O) groups excluding carboxylic acids is 1. The van der Waals surface area contributed by atoms with Crippen LogP contribution in [0.25, 0.3) is 0 Å². The Morgan fingerprint density at radius 1 is 1.38 bits per heavy atom. The van der Waals surface area contributed by atoms with Crippen molar-refractivity contribution in [2.24, 2.45) is 4.99 Å². The number of hydrogen-bond acceptors (Lipinski definition) is 6. The zero-order valence-electron chi connectivity index (χ0n) is 11.5. The first-order chi connectivity index (χ1) is 9.96. The van der Waals surface area contributed by atoms with Crippen LogP contribution in [0.15, 0.2) is 52.4 Å². The molecular formula is C15H13NO5. The van der Waals surface area contributed by atoms with Crippen molar-refractivity contribution in [3.63, 3.8) is 0 Å². The molecule has 0 amide bonds. The topological polar surface area (TPSA) is 88.4 Å². The smallest absolute Gasteiger partial charge is 0.276 e. The van der Waals surface area contributed by atoms with Crippen molar-refractivity contribution in [1.29, 1.82) is 0 Å². The molecule has 1 heterocycles. The van der Waals surface area contributed by atoms with Crippen LogP contribution in [0.1, 0.15) is 6.92 Å². The Hall–Kier alpha value is -2.60. The molecule has 3 rings (SSSR count). The molecule has 0 spiro atoms. The Labute approximate surface area is 120 Å². The molecule has 108 valence electrons. The van der Waals surface area contributed by atoms with Gasteiger partial charge in [0.05, 0.1) is 12.7 Å². The monoisotopic (exact) mass is 287 g/mol. The summed E-state index contributed by atoms with van der Waals surface area (Å²) in [5, 5.41) is 20.8. The van der Waals surface area contributed by atoms with Gasteiger partial charge in [-0.1, -0.05) is 12.1 Å². The van der Waals surface area contributed by atoms with Crippen LogP contribution in [0.4, 0.5) is 5.69 Å². The molecule has 2 N–H and O–H groups in total. The molecule has 0 saturated carbocycles. The van der Waals surface area contributed by atoms with E-state index in [2.05, 4.69) is 4.99 Å². The van der Waals surface area contributed by atoms with Crippen molar-refractivity contribution in [2.75, 3.05) is 7.11 Å². The van der Waals surface area contributed by atoms with E-state index in [0.717, 1.165) is 0 Å². The lowest BCUT2D eigenvalue weighted by Crippen LogP contribution is -2.49. The first-order valence-electron chi connectivity index (χ1n) is 6.27. The van der Waals surface area contributed by atoms with Crippen molar-refractivity contribution in [2.45, 2.75) is 12.7 Å². The van der Waals surface area contributed by atoms with Crippen molar-refractivity contribution in [1.82, 2.24) is 0 Å². The maximum Gasteiger partial charge on any atom is 0.276 e. The van der Waals surface area contributed by atoms with Crippen molar-refractivity contribution in [3.05, 3.63) is 47.4 Å². The summed E-state index contributed by atoms with van der Waals surface area (Å²) >= 11 is 0. The molecule has 2 aliphatic rings. The number of benzene rings is 1. The lowest BCUT2D eigenvalue weighted by atomic mass is 9.90. The quantitative estimate of drug-likeness (QED) is 0.865. The number of ketones is 1. The van der Waals surface area contributed by atoms with Gasteiger partial charge in [0.2, 0.25) is 0 Å². The summed E-state index contributed by atoms with van der Waals surface area (Å²) in [5.41, 5.74) is 0.302. The standard InChI is InChI=1S/C15H13NO5/c1-8(17)12-13(18)11(20-2)7-15(19)14(12)16-9-5-3-4-6-10(9)21-15/h3-7,18-19H,1-2H3. The molecule has 1 aliphatic carbocycles. The zero-order chi connectivity index (χ0) is 15.2. The van der Waals surface area contributed by atoms with Crippen LogP contribution < -0.4 is 4.74 Å². The van der Waals surface area contributed by atoms with E-state index in [9.17, 15) is 15.0 Å². The molecule has 0 radical (unpaired) electrons. The van der Waals surface area contributed by atoms with Gasteiger partial charge in [-0.2, -0.15) is 0 Å². The number of Topliss-reactive ketones (excluding diaryl/α,β-unsaturated/α-hetero) is 1. The molecule has 1 atom stereocenters. The van der Waals surface area contributed by atoms with Gasteiger partial charge in [0, 0.05) is 6.08 Å². The molecule has 0 saturated heterocycles. The fourth-order valence-electron chi connectivity index (χ4n) is 2.36. The normalized spacial score (nSPS) is 23.4.